The van der Waals surface area contributed by atoms with E-state index < -0.39 is 0 Å². The van der Waals surface area contributed by atoms with E-state index in [0.29, 0.717) is 5.25 Å². The number of fused-ring (bicyclic) bond motifs is 5. The summed E-state index contributed by atoms with van der Waals surface area (Å²) in [7, 11) is 0. The molecule has 2 aromatic rings. The lowest BCUT2D eigenvalue weighted by Crippen LogP contribution is -2.37. The molecule has 2 aliphatic heterocycles. The maximum atomic E-state index is 6.53. The largest absolute Gasteiger partial charge is 0.362 e. The number of thiophene rings is 1. The van der Waals surface area contributed by atoms with Gasteiger partial charge < -0.3 is 4.74 Å². The fraction of sp³-hybridized carbons (Fsp3) is 0.444. The Balaban J connectivity index is 2.05. The first kappa shape index (κ1) is 13.9. The van der Waals surface area contributed by atoms with Crippen LogP contribution in [0, 0.1) is 6.92 Å². The summed E-state index contributed by atoms with van der Waals surface area (Å²) in [4.78, 5) is 1.39. The number of benzene rings is 1. The van der Waals surface area contributed by atoms with Gasteiger partial charge in [0.1, 0.15) is 0 Å². The summed E-state index contributed by atoms with van der Waals surface area (Å²) in [6, 6.07) is 4.64. The second kappa shape index (κ2) is 4.61. The van der Waals surface area contributed by atoms with E-state index in [-0.39, 0.29) is 11.7 Å². The summed E-state index contributed by atoms with van der Waals surface area (Å²) in [6.07, 6.45) is 3.54. The molecular weight excluding hydrogens is 296 g/mol. The van der Waals surface area contributed by atoms with Crippen LogP contribution >= 0.6 is 23.1 Å². The van der Waals surface area contributed by atoms with Crippen molar-refractivity contribution in [3.8, 4) is 0 Å². The summed E-state index contributed by atoms with van der Waals surface area (Å²) in [5.74, 6) is 0. The molecule has 0 spiro atoms. The van der Waals surface area contributed by atoms with E-state index in [1.54, 1.807) is 0 Å². The van der Waals surface area contributed by atoms with E-state index in [1.807, 2.05) is 23.1 Å². The fourth-order valence-electron chi connectivity index (χ4n) is 3.62. The molecule has 1 aromatic heterocycles. The molecule has 1 nitrogen and oxygen atoms in total. The van der Waals surface area contributed by atoms with Gasteiger partial charge in [-0.3, -0.25) is 0 Å². The van der Waals surface area contributed by atoms with Crippen LogP contribution in [0.5, 0.6) is 0 Å². The van der Waals surface area contributed by atoms with Gasteiger partial charge in [0.05, 0.1) is 17.0 Å². The van der Waals surface area contributed by atoms with Crippen LogP contribution in [0.4, 0.5) is 0 Å². The lowest BCUT2D eigenvalue weighted by Gasteiger charge is -2.42. The van der Waals surface area contributed by atoms with E-state index >= 15 is 0 Å². The summed E-state index contributed by atoms with van der Waals surface area (Å²) in [6.45, 7) is 8.92. The number of hydrogen-bond acceptors (Lipinski definition) is 3. The zero-order chi connectivity index (χ0) is 14.8. The maximum absolute atomic E-state index is 6.53. The van der Waals surface area contributed by atoms with Crippen molar-refractivity contribution >= 4 is 33.2 Å². The van der Waals surface area contributed by atoms with Gasteiger partial charge in [-0.2, -0.15) is 0 Å². The predicted octanol–water partition coefficient (Wildman–Crippen LogP) is 5.93. The highest BCUT2D eigenvalue weighted by Crippen LogP contribution is 2.56. The van der Waals surface area contributed by atoms with Gasteiger partial charge in [-0.25, -0.2) is 0 Å². The van der Waals surface area contributed by atoms with E-state index in [1.165, 1.54) is 31.7 Å². The minimum atomic E-state index is -0.166. The molecule has 3 heterocycles. The first-order valence-electron chi connectivity index (χ1n) is 7.57. The van der Waals surface area contributed by atoms with Crippen LogP contribution < -0.4 is 0 Å². The van der Waals surface area contributed by atoms with Crippen LogP contribution in [0.2, 0.25) is 0 Å². The lowest BCUT2D eigenvalue weighted by atomic mass is 9.82. The van der Waals surface area contributed by atoms with Gasteiger partial charge in [-0.1, -0.05) is 13.0 Å². The molecule has 0 bridgehead atoms. The van der Waals surface area contributed by atoms with Crippen molar-refractivity contribution in [1.29, 1.82) is 0 Å². The van der Waals surface area contributed by atoms with Crippen molar-refractivity contribution < 1.29 is 4.74 Å². The van der Waals surface area contributed by atoms with Crippen LogP contribution in [-0.4, -0.2) is 6.10 Å². The highest BCUT2D eigenvalue weighted by atomic mass is 32.2. The molecule has 110 valence electrons. The zero-order valence-corrected chi connectivity index (χ0v) is 14.5. The lowest BCUT2D eigenvalue weighted by molar-refractivity contribution is -0.0820. The third-order valence-electron chi connectivity index (χ3n) is 4.92. The highest BCUT2D eigenvalue weighted by molar-refractivity contribution is 8.03. The third-order valence-corrected chi connectivity index (χ3v) is 7.13. The molecule has 0 saturated heterocycles. The van der Waals surface area contributed by atoms with Gasteiger partial charge in [-0.15, -0.1) is 23.1 Å². The van der Waals surface area contributed by atoms with Crippen molar-refractivity contribution in [3.63, 3.8) is 0 Å². The minimum absolute atomic E-state index is 0.166. The van der Waals surface area contributed by atoms with Crippen molar-refractivity contribution in [2.45, 2.75) is 51.1 Å². The summed E-state index contributed by atoms with van der Waals surface area (Å²) >= 11 is 3.86. The van der Waals surface area contributed by atoms with Gasteiger partial charge in [-0.05, 0) is 71.7 Å². The average Bonchev–Trinajstić information content (AvgIpc) is 3.05. The Bertz CT molecular complexity index is 758. The van der Waals surface area contributed by atoms with Crippen LogP contribution in [0.3, 0.4) is 0 Å². The zero-order valence-electron chi connectivity index (χ0n) is 12.9. The molecule has 0 aliphatic carbocycles. The molecule has 0 N–H and O–H groups in total. The number of rotatable bonds is 1. The Kier molecular flexibility index (Phi) is 3.04. The quantitative estimate of drug-likeness (QED) is 0.645. The van der Waals surface area contributed by atoms with E-state index in [0.717, 1.165) is 6.42 Å². The van der Waals surface area contributed by atoms with Crippen LogP contribution in [0.1, 0.15) is 49.1 Å². The minimum Gasteiger partial charge on any atom is -0.362 e. The first-order chi connectivity index (χ1) is 10.0. The molecule has 0 radical (unpaired) electrons. The summed E-state index contributed by atoms with van der Waals surface area (Å²) < 4.78 is 8.00. The molecular formula is C18H20OS2. The van der Waals surface area contributed by atoms with Crippen molar-refractivity contribution in [1.82, 2.24) is 0 Å². The van der Waals surface area contributed by atoms with Gasteiger partial charge in [0.25, 0.3) is 0 Å². The van der Waals surface area contributed by atoms with Gasteiger partial charge in [0.15, 0.2) is 0 Å². The smallest absolute Gasteiger partial charge is 0.0941 e. The van der Waals surface area contributed by atoms with E-state index in [4.69, 9.17) is 4.74 Å². The fourth-order valence-corrected chi connectivity index (χ4v) is 6.00. The molecule has 1 aromatic carbocycles. The monoisotopic (exact) mass is 316 g/mol. The summed E-state index contributed by atoms with van der Waals surface area (Å²) in [5, 5.41) is 4.08. The second-order valence-electron chi connectivity index (χ2n) is 6.30. The normalized spacial score (nSPS) is 31.1. The third kappa shape index (κ3) is 1.87. The molecule has 3 atom stereocenters. The average molecular weight is 316 g/mol. The Hall–Kier alpha value is -0.770. The van der Waals surface area contributed by atoms with Crippen molar-refractivity contribution in [3.05, 3.63) is 45.2 Å². The van der Waals surface area contributed by atoms with Crippen LogP contribution in [0.15, 0.2) is 28.5 Å². The predicted molar refractivity (Wildman–Crippen MR) is 93.2 cm³/mol. The van der Waals surface area contributed by atoms with E-state index in [9.17, 15) is 0 Å². The van der Waals surface area contributed by atoms with Crippen LogP contribution in [0.25, 0.3) is 10.1 Å². The summed E-state index contributed by atoms with van der Waals surface area (Å²) in [5.41, 5.74) is 4.15. The number of thioether (sulfide) groups is 1. The Morgan fingerprint density at radius 1 is 1.33 bits per heavy atom. The molecule has 0 fully saturated rings. The molecule has 4 rings (SSSR count). The molecule has 0 amide bonds. The first-order valence-corrected chi connectivity index (χ1v) is 9.33. The topological polar surface area (TPSA) is 9.23 Å². The Morgan fingerprint density at radius 3 is 2.90 bits per heavy atom. The van der Waals surface area contributed by atoms with E-state index in [2.05, 4.69) is 51.3 Å². The molecule has 3 unspecified atom stereocenters. The molecule has 0 saturated carbocycles. The number of aryl methyl sites for hydroxylation is 1. The molecule has 2 aliphatic rings. The highest BCUT2D eigenvalue weighted by Gasteiger charge is 2.45. The van der Waals surface area contributed by atoms with Gasteiger partial charge in [0, 0.05) is 4.70 Å². The number of hydrogen-bond donors (Lipinski definition) is 0. The standard InChI is InChI=1S/C18H20OS2/c1-5-18(4)13-8-10(2)12-6-7-20-16(12)15(13)17-14(19-18)9-11(3)21-17/h6-9,14,17H,5H2,1-4H3. The van der Waals surface area contributed by atoms with Crippen molar-refractivity contribution in [2.75, 3.05) is 0 Å². The second-order valence-corrected chi connectivity index (χ2v) is 8.60. The molecule has 21 heavy (non-hydrogen) atoms. The maximum Gasteiger partial charge on any atom is 0.0941 e. The Morgan fingerprint density at radius 2 is 2.14 bits per heavy atom. The SMILES string of the molecule is CCC1(C)OC2C=C(C)SC2c2c1cc(C)c1ccsc21. The Labute approximate surface area is 134 Å². The number of allylic oxidation sites excluding steroid dienone is 1. The van der Waals surface area contributed by atoms with Gasteiger partial charge in [0.2, 0.25) is 0 Å². The van der Waals surface area contributed by atoms with Gasteiger partial charge >= 0.3 is 0 Å². The molecule has 3 heteroatoms. The van der Waals surface area contributed by atoms with Crippen molar-refractivity contribution in [2.24, 2.45) is 0 Å². The van der Waals surface area contributed by atoms with Crippen LogP contribution in [-0.2, 0) is 10.3 Å². The number of ether oxygens (including phenoxy) is 1.